The second kappa shape index (κ2) is 12.7. The molecule has 0 atom stereocenters. The molecular weight excluding hydrogens is 389 g/mol. The van der Waals surface area contributed by atoms with Crippen molar-refractivity contribution in [1.29, 1.82) is 0 Å². The van der Waals surface area contributed by atoms with Crippen molar-refractivity contribution in [3.05, 3.63) is 35.4 Å². The van der Waals surface area contributed by atoms with E-state index in [4.69, 9.17) is 4.74 Å². The number of nitrogens with zero attached hydrogens (tertiary/aromatic N) is 1. The van der Waals surface area contributed by atoms with Gasteiger partial charge >= 0.3 is 0 Å². The molecule has 5 heteroatoms. The van der Waals surface area contributed by atoms with Crippen LogP contribution in [0.25, 0.3) is 0 Å². The molecule has 1 aromatic rings. The van der Waals surface area contributed by atoms with Crippen LogP contribution in [0.3, 0.4) is 0 Å². The fourth-order valence-electron chi connectivity index (χ4n) is 1.90. The minimum atomic E-state index is 0. The highest BCUT2D eigenvalue weighted by Gasteiger charge is 1.99. The number of guanidine groups is 1. The van der Waals surface area contributed by atoms with Gasteiger partial charge < -0.3 is 15.4 Å². The van der Waals surface area contributed by atoms with Gasteiger partial charge in [0.05, 0.1) is 13.2 Å². The van der Waals surface area contributed by atoms with Crippen molar-refractivity contribution in [1.82, 2.24) is 10.6 Å². The van der Waals surface area contributed by atoms with Crippen molar-refractivity contribution in [3.8, 4) is 0 Å². The van der Waals surface area contributed by atoms with E-state index < -0.39 is 0 Å². The first kappa shape index (κ1) is 21.2. The van der Waals surface area contributed by atoms with Crippen LogP contribution in [0.5, 0.6) is 0 Å². The molecule has 126 valence electrons. The molecular formula is C17H30IN3O. The van der Waals surface area contributed by atoms with Gasteiger partial charge in [0.1, 0.15) is 0 Å². The summed E-state index contributed by atoms with van der Waals surface area (Å²) in [5.41, 5.74) is 2.39. The Hall–Kier alpha value is -0.820. The molecule has 0 aliphatic heterocycles. The maximum atomic E-state index is 5.11. The van der Waals surface area contributed by atoms with Gasteiger partial charge in [0.25, 0.3) is 0 Å². The second-order valence-corrected chi connectivity index (χ2v) is 5.55. The average Bonchev–Trinajstić information content (AvgIpc) is 2.46. The molecule has 1 aromatic carbocycles. The lowest BCUT2D eigenvalue weighted by molar-refractivity contribution is 0.185. The van der Waals surface area contributed by atoms with E-state index in [1.807, 2.05) is 0 Å². The fraction of sp³-hybridized carbons (Fsp3) is 0.588. The van der Waals surface area contributed by atoms with Crippen molar-refractivity contribution >= 4 is 29.9 Å². The van der Waals surface area contributed by atoms with Crippen molar-refractivity contribution in [2.24, 2.45) is 10.9 Å². The molecule has 22 heavy (non-hydrogen) atoms. The van der Waals surface area contributed by atoms with Crippen LogP contribution in [-0.4, -0.2) is 26.2 Å². The normalized spacial score (nSPS) is 11.2. The van der Waals surface area contributed by atoms with Gasteiger partial charge in [-0.25, -0.2) is 4.99 Å². The average molecular weight is 419 g/mol. The number of aliphatic imine (C=N–C) groups is 1. The van der Waals surface area contributed by atoms with Crippen LogP contribution in [0.2, 0.25) is 0 Å². The third-order valence-electron chi connectivity index (χ3n) is 3.11. The van der Waals surface area contributed by atoms with Gasteiger partial charge in [-0.15, -0.1) is 24.0 Å². The Balaban J connectivity index is 0.00000441. The number of halogens is 1. The molecule has 0 amide bonds. The Bertz CT molecular complexity index is 418. The van der Waals surface area contributed by atoms with E-state index >= 15 is 0 Å². The molecule has 0 unspecified atom stereocenters. The third kappa shape index (κ3) is 9.25. The molecule has 0 radical (unpaired) electrons. The number of nitrogens with one attached hydrogen (secondary N) is 2. The predicted octanol–water partition coefficient (Wildman–Crippen LogP) is 3.55. The number of rotatable bonds is 8. The highest BCUT2D eigenvalue weighted by molar-refractivity contribution is 14.0. The van der Waals surface area contributed by atoms with Crippen LogP contribution in [0.15, 0.2) is 29.3 Å². The second-order valence-electron chi connectivity index (χ2n) is 5.55. The molecule has 0 aromatic heterocycles. The molecule has 0 saturated carbocycles. The summed E-state index contributed by atoms with van der Waals surface area (Å²) in [6, 6.07) is 8.39. The molecule has 4 nitrogen and oxygen atoms in total. The first-order valence-corrected chi connectivity index (χ1v) is 7.74. The lowest BCUT2D eigenvalue weighted by Crippen LogP contribution is -2.38. The summed E-state index contributed by atoms with van der Waals surface area (Å²) in [6.07, 6.45) is 1.15. The summed E-state index contributed by atoms with van der Waals surface area (Å²) in [5.74, 6) is 1.59. The molecule has 1 rings (SSSR count). The van der Waals surface area contributed by atoms with Crippen LogP contribution in [0, 0.1) is 5.92 Å². The standard InChI is InChI=1S/C17H29N3O.HI/c1-5-18-17(19-11-10-14(2)3)20-12-15-6-8-16(9-7-15)13-21-4;/h6-9,14H,5,10-13H2,1-4H3,(H2,18,19,20);1H. The summed E-state index contributed by atoms with van der Waals surface area (Å²) >= 11 is 0. The van der Waals surface area contributed by atoms with Gasteiger partial charge in [0, 0.05) is 20.2 Å². The SMILES string of the molecule is CCNC(=NCc1ccc(COC)cc1)NCCC(C)C.I. The maximum Gasteiger partial charge on any atom is 0.191 e. The van der Waals surface area contributed by atoms with E-state index in [2.05, 4.69) is 60.7 Å². The zero-order valence-corrected chi connectivity index (χ0v) is 16.5. The molecule has 0 heterocycles. The summed E-state index contributed by atoms with van der Waals surface area (Å²) < 4.78 is 5.11. The van der Waals surface area contributed by atoms with E-state index in [1.165, 1.54) is 11.1 Å². The number of hydrogen-bond acceptors (Lipinski definition) is 2. The smallest absolute Gasteiger partial charge is 0.191 e. The molecule has 0 aliphatic rings. The van der Waals surface area contributed by atoms with Crippen LogP contribution in [-0.2, 0) is 17.9 Å². The van der Waals surface area contributed by atoms with Gasteiger partial charge in [-0.3, -0.25) is 0 Å². The first-order valence-electron chi connectivity index (χ1n) is 7.74. The zero-order chi connectivity index (χ0) is 15.5. The van der Waals surface area contributed by atoms with Gasteiger partial charge in [-0.2, -0.15) is 0 Å². The molecule has 0 aliphatic carbocycles. The highest BCUT2D eigenvalue weighted by atomic mass is 127. The number of methoxy groups -OCH3 is 1. The fourth-order valence-corrected chi connectivity index (χ4v) is 1.90. The minimum absolute atomic E-state index is 0. The summed E-state index contributed by atoms with van der Waals surface area (Å²) in [6.45, 7) is 9.71. The van der Waals surface area contributed by atoms with Crippen molar-refractivity contribution < 1.29 is 4.74 Å². The van der Waals surface area contributed by atoms with Crippen molar-refractivity contribution in [3.63, 3.8) is 0 Å². The van der Waals surface area contributed by atoms with Crippen LogP contribution >= 0.6 is 24.0 Å². The number of ether oxygens (including phenoxy) is 1. The molecule has 2 N–H and O–H groups in total. The summed E-state index contributed by atoms with van der Waals surface area (Å²) in [7, 11) is 1.71. The monoisotopic (exact) mass is 419 g/mol. The Morgan fingerprint density at radius 3 is 2.32 bits per heavy atom. The van der Waals surface area contributed by atoms with E-state index in [-0.39, 0.29) is 24.0 Å². The van der Waals surface area contributed by atoms with Gasteiger partial charge in [0.15, 0.2) is 5.96 Å². The van der Waals surface area contributed by atoms with E-state index in [9.17, 15) is 0 Å². The number of hydrogen-bond donors (Lipinski definition) is 2. The van der Waals surface area contributed by atoms with Gasteiger partial charge in [-0.05, 0) is 30.4 Å². The molecule has 0 spiro atoms. The lowest BCUT2D eigenvalue weighted by Gasteiger charge is -2.12. The van der Waals surface area contributed by atoms with Gasteiger partial charge in [0.2, 0.25) is 0 Å². The maximum absolute atomic E-state index is 5.11. The lowest BCUT2D eigenvalue weighted by atomic mass is 10.1. The quantitative estimate of drug-likeness (QED) is 0.385. The van der Waals surface area contributed by atoms with E-state index in [1.54, 1.807) is 7.11 Å². The van der Waals surface area contributed by atoms with E-state index in [0.29, 0.717) is 19.1 Å². The van der Waals surface area contributed by atoms with Crippen molar-refractivity contribution in [2.45, 2.75) is 40.3 Å². The van der Waals surface area contributed by atoms with Crippen LogP contribution < -0.4 is 10.6 Å². The molecule has 0 fully saturated rings. The van der Waals surface area contributed by atoms with Crippen LogP contribution in [0.1, 0.15) is 38.3 Å². The third-order valence-corrected chi connectivity index (χ3v) is 3.11. The van der Waals surface area contributed by atoms with Crippen molar-refractivity contribution in [2.75, 3.05) is 20.2 Å². The summed E-state index contributed by atoms with van der Waals surface area (Å²) in [5, 5.41) is 6.65. The molecule has 0 bridgehead atoms. The topological polar surface area (TPSA) is 45.7 Å². The highest BCUT2D eigenvalue weighted by Crippen LogP contribution is 2.06. The summed E-state index contributed by atoms with van der Waals surface area (Å²) in [4.78, 5) is 4.62. The number of benzene rings is 1. The van der Waals surface area contributed by atoms with E-state index in [0.717, 1.165) is 25.5 Å². The Morgan fingerprint density at radius 2 is 1.77 bits per heavy atom. The van der Waals surface area contributed by atoms with Gasteiger partial charge in [-0.1, -0.05) is 38.1 Å². The predicted molar refractivity (Wildman–Crippen MR) is 105 cm³/mol. The van der Waals surface area contributed by atoms with Crippen LogP contribution in [0.4, 0.5) is 0 Å². The first-order chi connectivity index (χ1) is 10.2. The largest absolute Gasteiger partial charge is 0.380 e. The Morgan fingerprint density at radius 1 is 1.14 bits per heavy atom. The Labute approximate surface area is 152 Å². The molecule has 0 saturated heterocycles. The zero-order valence-electron chi connectivity index (χ0n) is 14.2. The Kier molecular flexibility index (Phi) is 12.2. The minimum Gasteiger partial charge on any atom is -0.380 e.